The molecule has 3 aromatic rings. The summed E-state index contributed by atoms with van der Waals surface area (Å²) < 4.78 is 11.1. The maximum absolute atomic E-state index is 12.2. The lowest BCUT2D eigenvalue weighted by Crippen LogP contribution is -2.21. The smallest absolute Gasteiger partial charge is 0.262 e. The number of anilines is 1. The van der Waals surface area contributed by atoms with Crippen LogP contribution in [0.4, 0.5) is 5.69 Å². The molecule has 0 aliphatic rings. The molecule has 0 saturated heterocycles. The minimum Gasteiger partial charge on any atom is -0.467 e. The molecule has 0 fully saturated rings. The van der Waals surface area contributed by atoms with Gasteiger partial charge in [0.05, 0.1) is 0 Å². The van der Waals surface area contributed by atoms with Crippen molar-refractivity contribution >= 4 is 22.7 Å². The Morgan fingerprint density at radius 2 is 2.04 bits per heavy atom. The van der Waals surface area contributed by atoms with Crippen molar-refractivity contribution in [1.29, 1.82) is 0 Å². The van der Waals surface area contributed by atoms with Gasteiger partial charge in [-0.2, -0.15) is 0 Å². The van der Waals surface area contributed by atoms with Gasteiger partial charge < -0.3 is 14.5 Å². The number of hydrogen-bond acceptors (Lipinski definition) is 5. The third-order valence-corrected chi connectivity index (χ3v) is 3.94. The number of ether oxygens (including phenoxy) is 1. The van der Waals surface area contributed by atoms with Crippen LogP contribution in [-0.2, 0) is 11.2 Å². The SMILES string of the molecule is CCc1ccccc1NC(=O)COc1ncnc2oc(C)c(C)c12. The van der Waals surface area contributed by atoms with Crippen LogP contribution in [0, 0.1) is 13.8 Å². The normalized spacial score (nSPS) is 10.8. The van der Waals surface area contributed by atoms with Gasteiger partial charge in [0, 0.05) is 11.3 Å². The number of furan rings is 1. The van der Waals surface area contributed by atoms with E-state index in [9.17, 15) is 4.79 Å². The molecule has 2 heterocycles. The van der Waals surface area contributed by atoms with Gasteiger partial charge in [-0.3, -0.25) is 4.79 Å². The maximum atomic E-state index is 12.2. The highest BCUT2D eigenvalue weighted by Gasteiger charge is 2.16. The van der Waals surface area contributed by atoms with Crippen LogP contribution in [0.3, 0.4) is 0 Å². The van der Waals surface area contributed by atoms with Crippen LogP contribution in [0.15, 0.2) is 35.0 Å². The molecular weight excluding hydrogens is 306 g/mol. The van der Waals surface area contributed by atoms with Crippen LogP contribution in [0.1, 0.15) is 23.8 Å². The molecule has 0 atom stereocenters. The molecule has 6 nitrogen and oxygen atoms in total. The molecule has 0 radical (unpaired) electrons. The number of nitrogens with zero attached hydrogens (tertiary/aromatic N) is 2. The molecule has 24 heavy (non-hydrogen) atoms. The molecule has 2 aromatic heterocycles. The predicted molar refractivity (Wildman–Crippen MR) is 91.2 cm³/mol. The Balaban J connectivity index is 1.73. The molecule has 124 valence electrons. The van der Waals surface area contributed by atoms with E-state index in [0.29, 0.717) is 17.0 Å². The highest BCUT2D eigenvalue weighted by atomic mass is 16.5. The van der Waals surface area contributed by atoms with Crippen molar-refractivity contribution in [2.45, 2.75) is 27.2 Å². The van der Waals surface area contributed by atoms with Gasteiger partial charge in [-0.25, -0.2) is 9.97 Å². The molecule has 0 unspecified atom stereocenters. The van der Waals surface area contributed by atoms with E-state index in [1.165, 1.54) is 6.33 Å². The van der Waals surface area contributed by atoms with Crippen molar-refractivity contribution in [1.82, 2.24) is 9.97 Å². The van der Waals surface area contributed by atoms with Crippen molar-refractivity contribution < 1.29 is 13.9 Å². The summed E-state index contributed by atoms with van der Waals surface area (Å²) in [7, 11) is 0. The average Bonchev–Trinajstić information content (AvgIpc) is 2.88. The Kier molecular flexibility index (Phi) is 4.46. The molecule has 6 heteroatoms. The standard InChI is InChI=1S/C18H19N3O3/c1-4-13-7-5-6-8-14(13)21-15(22)9-23-17-16-11(2)12(3)24-18(16)20-10-19-17/h5-8,10H,4,9H2,1-3H3,(H,21,22). The Morgan fingerprint density at radius 1 is 1.25 bits per heavy atom. The van der Waals surface area contributed by atoms with E-state index in [0.717, 1.165) is 29.0 Å². The lowest BCUT2D eigenvalue weighted by molar-refractivity contribution is -0.118. The number of carbonyl (C=O) groups is 1. The Morgan fingerprint density at radius 3 is 2.83 bits per heavy atom. The summed E-state index contributed by atoms with van der Waals surface area (Å²) in [6.07, 6.45) is 2.21. The maximum Gasteiger partial charge on any atom is 0.262 e. The first-order valence-corrected chi connectivity index (χ1v) is 7.81. The van der Waals surface area contributed by atoms with Gasteiger partial charge in [-0.05, 0) is 31.9 Å². The lowest BCUT2D eigenvalue weighted by Gasteiger charge is -2.10. The number of para-hydroxylation sites is 1. The van der Waals surface area contributed by atoms with Crippen LogP contribution in [0.2, 0.25) is 0 Å². The van der Waals surface area contributed by atoms with Crippen LogP contribution in [0.5, 0.6) is 5.88 Å². The van der Waals surface area contributed by atoms with Crippen LogP contribution < -0.4 is 10.1 Å². The minimum absolute atomic E-state index is 0.131. The fourth-order valence-electron chi connectivity index (χ4n) is 2.53. The summed E-state index contributed by atoms with van der Waals surface area (Å²) in [5.41, 5.74) is 3.26. The fourth-order valence-corrected chi connectivity index (χ4v) is 2.53. The van der Waals surface area contributed by atoms with Crippen LogP contribution >= 0.6 is 0 Å². The van der Waals surface area contributed by atoms with Gasteiger partial charge >= 0.3 is 0 Å². The zero-order valence-electron chi connectivity index (χ0n) is 13.9. The average molecular weight is 325 g/mol. The van der Waals surface area contributed by atoms with Crippen molar-refractivity contribution in [2.24, 2.45) is 0 Å². The van der Waals surface area contributed by atoms with Crippen LogP contribution in [-0.4, -0.2) is 22.5 Å². The second-order valence-electron chi connectivity index (χ2n) is 5.49. The van der Waals surface area contributed by atoms with Crippen molar-refractivity contribution in [3.05, 3.63) is 47.5 Å². The van der Waals surface area contributed by atoms with Gasteiger partial charge in [-0.1, -0.05) is 25.1 Å². The molecule has 0 bridgehead atoms. The number of fused-ring (bicyclic) bond motifs is 1. The largest absolute Gasteiger partial charge is 0.467 e. The first-order valence-electron chi connectivity index (χ1n) is 7.81. The van der Waals surface area contributed by atoms with Crippen molar-refractivity contribution in [2.75, 3.05) is 11.9 Å². The number of rotatable bonds is 5. The third-order valence-electron chi connectivity index (χ3n) is 3.94. The van der Waals surface area contributed by atoms with E-state index in [2.05, 4.69) is 15.3 Å². The van der Waals surface area contributed by atoms with E-state index in [-0.39, 0.29) is 12.5 Å². The first-order chi connectivity index (χ1) is 11.6. The number of benzene rings is 1. The van der Waals surface area contributed by atoms with Crippen molar-refractivity contribution in [3.8, 4) is 5.88 Å². The van der Waals surface area contributed by atoms with E-state index < -0.39 is 0 Å². The van der Waals surface area contributed by atoms with Crippen molar-refractivity contribution in [3.63, 3.8) is 0 Å². The third kappa shape index (κ3) is 3.08. The summed E-state index contributed by atoms with van der Waals surface area (Å²) in [6.45, 7) is 5.68. The zero-order chi connectivity index (χ0) is 17.1. The summed E-state index contributed by atoms with van der Waals surface area (Å²) in [6, 6.07) is 7.71. The highest BCUT2D eigenvalue weighted by molar-refractivity contribution is 5.93. The number of hydrogen-bond donors (Lipinski definition) is 1. The van der Waals surface area contributed by atoms with Crippen LogP contribution in [0.25, 0.3) is 11.1 Å². The number of amides is 1. The zero-order valence-corrected chi connectivity index (χ0v) is 13.9. The molecule has 0 aliphatic heterocycles. The molecule has 1 N–H and O–H groups in total. The molecule has 0 saturated carbocycles. The fraction of sp³-hybridized carbons (Fsp3) is 0.278. The molecule has 0 spiro atoms. The summed E-state index contributed by atoms with van der Waals surface area (Å²) in [4.78, 5) is 20.4. The topological polar surface area (TPSA) is 77.2 Å². The summed E-state index contributed by atoms with van der Waals surface area (Å²) in [5.74, 6) is 0.880. The van der Waals surface area contributed by atoms with E-state index in [4.69, 9.17) is 9.15 Å². The van der Waals surface area contributed by atoms with Gasteiger partial charge in [0.2, 0.25) is 11.6 Å². The quantitative estimate of drug-likeness (QED) is 0.778. The Bertz CT molecular complexity index is 886. The van der Waals surface area contributed by atoms with Gasteiger partial charge in [0.1, 0.15) is 17.5 Å². The second kappa shape index (κ2) is 6.70. The second-order valence-corrected chi connectivity index (χ2v) is 5.49. The van der Waals surface area contributed by atoms with E-state index in [1.54, 1.807) is 0 Å². The van der Waals surface area contributed by atoms with Gasteiger partial charge in [0.25, 0.3) is 5.91 Å². The summed E-state index contributed by atoms with van der Waals surface area (Å²) in [5, 5.41) is 3.57. The number of aryl methyl sites for hydroxylation is 3. The predicted octanol–water partition coefficient (Wildman–Crippen LogP) is 3.42. The number of carbonyl (C=O) groups excluding carboxylic acids is 1. The number of aromatic nitrogens is 2. The Labute approximate surface area is 139 Å². The molecule has 1 amide bonds. The minimum atomic E-state index is -0.236. The molecule has 1 aromatic carbocycles. The lowest BCUT2D eigenvalue weighted by atomic mass is 10.1. The monoisotopic (exact) mass is 325 g/mol. The molecule has 3 rings (SSSR count). The molecular formula is C18H19N3O3. The van der Waals surface area contributed by atoms with Gasteiger partial charge in [0.15, 0.2) is 6.61 Å². The van der Waals surface area contributed by atoms with E-state index in [1.807, 2.05) is 45.0 Å². The molecule has 0 aliphatic carbocycles. The van der Waals surface area contributed by atoms with Gasteiger partial charge in [-0.15, -0.1) is 0 Å². The summed E-state index contributed by atoms with van der Waals surface area (Å²) >= 11 is 0. The highest BCUT2D eigenvalue weighted by Crippen LogP contribution is 2.29. The number of nitrogens with one attached hydrogen (secondary N) is 1. The first kappa shape index (κ1) is 16.0. The van der Waals surface area contributed by atoms with E-state index >= 15 is 0 Å². The Hall–Kier alpha value is -2.89.